The highest BCUT2D eigenvalue weighted by atomic mass is 15.0. The van der Waals surface area contributed by atoms with Crippen LogP contribution < -0.4 is 5.32 Å². The lowest BCUT2D eigenvalue weighted by atomic mass is 10.0. The maximum atomic E-state index is 3.54. The zero-order chi connectivity index (χ0) is 9.90. The Hall–Kier alpha value is -0.820. The lowest BCUT2D eigenvalue weighted by Crippen LogP contribution is -2.37. The Bertz CT molecular complexity index is 246. The molecule has 13 heavy (non-hydrogen) atoms. The van der Waals surface area contributed by atoms with Crippen molar-refractivity contribution < 1.29 is 0 Å². The lowest BCUT2D eigenvalue weighted by molar-refractivity contribution is 0.378. The van der Waals surface area contributed by atoms with Gasteiger partial charge >= 0.3 is 0 Å². The molecule has 0 unspecified atom stereocenters. The van der Waals surface area contributed by atoms with Crippen molar-refractivity contribution in [2.75, 3.05) is 0 Å². The Kier molecular flexibility index (Phi) is 3.10. The normalized spacial score (nSPS) is 14.2. The molecular weight excluding hydrogens is 158 g/mol. The summed E-state index contributed by atoms with van der Waals surface area (Å²) in [6, 6.07) is 10.9. The Labute approximate surface area is 81.2 Å². The summed E-state index contributed by atoms with van der Waals surface area (Å²) < 4.78 is 0. The summed E-state index contributed by atoms with van der Waals surface area (Å²) >= 11 is 0. The van der Waals surface area contributed by atoms with Gasteiger partial charge in [-0.2, -0.15) is 0 Å². The van der Waals surface area contributed by atoms with Gasteiger partial charge in [-0.05, 0) is 33.3 Å². The molecule has 0 bridgehead atoms. The standard InChI is InChI=1S/C12H19N/c1-10(13-12(2,3)4)11-8-6-5-7-9-11/h5-10,13H,1-4H3/t10-/m1/s1. The number of nitrogens with one attached hydrogen (secondary N) is 1. The average molecular weight is 177 g/mol. The van der Waals surface area contributed by atoms with Crippen molar-refractivity contribution in [3.05, 3.63) is 35.9 Å². The topological polar surface area (TPSA) is 12.0 Å². The fourth-order valence-electron chi connectivity index (χ4n) is 1.47. The van der Waals surface area contributed by atoms with E-state index in [-0.39, 0.29) is 5.54 Å². The summed E-state index contributed by atoms with van der Waals surface area (Å²) in [6.45, 7) is 8.76. The number of hydrogen-bond donors (Lipinski definition) is 1. The third-order valence-corrected chi connectivity index (χ3v) is 1.95. The van der Waals surface area contributed by atoms with Crippen molar-refractivity contribution in [3.8, 4) is 0 Å². The maximum Gasteiger partial charge on any atom is 0.0296 e. The molecule has 0 fully saturated rings. The van der Waals surface area contributed by atoms with Crippen molar-refractivity contribution in [3.63, 3.8) is 0 Å². The molecule has 0 aliphatic carbocycles. The van der Waals surface area contributed by atoms with E-state index in [1.165, 1.54) is 5.56 Å². The molecule has 0 saturated heterocycles. The van der Waals surface area contributed by atoms with E-state index in [4.69, 9.17) is 0 Å². The van der Waals surface area contributed by atoms with Crippen molar-refractivity contribution in [1.82, 2.24) is 5.32 Å². The van der Waals surface area contributed by atoms with Crippen LogP contribution >= 0.6 is 0 Å². The van der Waals surface area contributed by atoms with Crippen LogP contribution in [0.2, 0.25) is 0 Å². The molecule has 0 aliphatic rings. The molecule has 1 aromatic rings. The molecular formula is C12H19N. The largest absolute Gasteiger partial charge is 0.306 e. The van der Waals surface area contributed by atoms with Gasteiger partial charge in [0.15, 0.2) is 0 Å². The van der Waals surface area contributed by atoms with Gasteiger partial charge < -0.3 is 5.32 Å². The molecule has 1 aromatic carbocycles. The predicted octanol–water partition coefficient (Wildman–Crippen LogP) is 3.14. The molecule has 1 rings (SSSR count). The summed E-state index contributed by atoms with van der Waals surface area (Å²) in [5.41, 5.74) is 1.52. The van der Waals surface area contributed by atoms with Crippen molar-refractivity contribution in [1.29, 1.82) is 0 Å². The van der Waals surface area contributed by atoms with Gasteiger partial charge in [0.25, 0.3) is 0 Å². The Morgan fingerprint density at radius 3 is 2.08 bits per heavy atom. The first kappa shape index (κ1) is 10.3. The van der Waals surface area contributed by atoms with E-state index in [1.54, 1.807) is 0 Å². The molecule has 1 heteroatoms. The SMILES string of the molecule is C[C@@H](NC(C)(C)C)c1ccccc1. The fraction of sp³-hybridized carbons (Fsp3) is 0.500. The van der Waals surface area contributed by atoms with Gasteiger partial charge in [-0.1, -0.05) is 30.3 Å². The number of rotatable bonds is 2. The number of benzene rings is 1. The molecule has 1 atom stereocenters. The quantitative estimate of drug-likeness (QED) is 0.731. The first-order valence-corrected chi connectivity index (χ1v) is 4.82. The molecule has 0 aromatic heterocycles. The van der Waals surface area contributed by atoms with Crippen LogP contribution in [0.25, 0.3) is 0 Å². The van der Waals surface area contributed by atoms with Crippen LogP contribution in [0.4, 0.5) is 0 Å². The zero-order valence-electron chi connectivity index (χ0n) is 8.96. The highest BCUT2D eigenvalue weighted by Crippen LogP contribution is 2.15. The molecule has 0 radical (unpaired) electrons. The van der Waals surface area contributed by atoms with Gasteiger partial charge in [0, 0.05) is 11.6 Å². The maximum absolute atomic E-state index is 3.54. The van der Waals surface area contributed by atoms with Crippen LogP contribution in [-0.4, -0.2) is 5.54 Å². The second-order valence-electron chi connectivity index (χ2n) is 4.53. The third kappa shape index (κ3) is 3.60. The smallest absolute Gasteiger partial charge is 0.0296 e. The third-order valence-electron chi connectivity index (χ3n) is 1.95. The second kappa shape index (κ2) is 3.93. The predicted molar refractivity (Wildman–Crippen MR) is 57.7 cm³/mol. The Morgan fingerprint density at radius 2 is 1.62 bits per heavy atom. The van der Waals surface area contributed by atoms with E-state index < -0.39 is 0 Å². The van der Waals surface area contributed by atoms with E-state index in [1.807, 2.05) is 6.07 Å². The molecule has 0 saturated carbocycles. The summed E-state index contributed by atoms with van der Waals surface area (Å²) in [5, 5.41) is 3.54. The Morgan fingerprint density at radius 1 is 1.08 bits per heavy atom. The number of hydrogen-bond acceptors (Lipinski definition) is 1. The first-order chi connectivity index (χ1) is 5.99. The summed E-state index contributed by atoms with van der Waals surface area (Å²) in [6.07, 6.45) is 0. The highest BCUT2D eigenvalue weighted by molar-refractivity contribution is 5.18. The van der Waals surface area contributed by atoms with Gasteiger partial charge in [0.05, 0.1) is 0 Å². The van der Waals surface area contributed by atoms with Crippen molar-refractivity contribution in [2.24, 2.45) is 0 Å². The van der Waals surface area contributed by atoms with E-state index >= 15 is 0 Å². The summed E-state index contributed by atoms with van der Waals surface area (Å²) in [4.78, 5) is 0. The minimum absolute atomic E-state index is 0.176. The van der Waals surface area contributed by atoms with Gasteiger partial charge in [0.2, 0.25) is 0 Å². The molecule has 1 nitrogen and oxygen atoms in total. The lowest BCUT2D eigenvalue weighted by Gasteiger charge is -2.26. The van der Waals surface area contributed by atoms with Crippen molar-refractivity contribution in [2.45, 2.75) is 39.3 Å². The Balaban J connectivity index is 2.64. The van der Waals surface area contributed by atoms with E-state index in [0.29, 0.717) is 6.04 Å². The summed E-state index contributed by atoms with van der Waals surface area (Å²) in [7, 11) is 0. The molecule has 0 spiro atoms. The van der Waals surface area contributed by atoms with Gasteiger partial charge in [0.1, 0.15) is 0 Å². The molecule has 1 N–H and O–H groups in total. The highest BCUT2D eigenvalue weighted by Gasteiger charge is 2.13. The van der Waals surface area contributed by atoms with Gasteiger partial charge in [-0.15, -0.1) is 0 Å². The minimum Gasteiger partial charge on any atom is -0.306 e. The molecule has 0 aliphatic heterocycles. The minimum atomic E-state index is 0.176. The molecule has 72 valence electrons. The van der Waals surface area contributed by atoms with Crippen LogP contribution in [0, 0.1) is 0 Å². The monoisotopic (exact) mass is 177 g/mol. The van der Waals surface area contributed by atoms with Crippen LogP contribution in [0.1, 0.15) is 39.3 Å². The van der Waals surface area contributed by atoms with Crippen LogP contribution in [0.15, 0.2) is 30.3 Å². The van der Waals surface area contributed by atoms with E-state index in [0.717, 1.165) is 0 Å². The second-order valence-corrected chi connectivity index (χ2v) is 4.53. The van der Waals surface area contributed by atoms with Gasteiger partial charge in [-0.3, -0.25) is 0 Å². The fourth-order valence-corrected chi connectivity index (χ4v) is 1.47. The van der Waals surface area contributed by atoms with Crippen LogP contribution in [0.5, 0.6) is 0 Å². The molecule has 0 amide bonds. The van der Waals surface area contributed by atoms with Gasteiger partial charge in [-0.25, -0.2) is 0 Å². The van der Waals surface area contributed by atoms with Crippen LogP contribution in [-0.2, 0) is 0 Å². The first-order valence-electron chi connectivity index (χ1n) is 4.82. The summed E-state index contributed by atoms with van der Waals surface area (Å²) in [5.74, 6) is 0. The van der Waals surface area contributed by atoms with E-state index in [2.05, 4.69) is 57.3 Å². The zero-order valence-corrected chi connectivity index (χ0v) is 8.96. The molecule has 0 heterocycles. The van der Waals surface area contributed by atoms with Crippen LogP contribution in [0.3, 0.4) is 0 Å². The van der Waals surface area contributed by atoms with E-state index in [9.17, 15) is 0 Å². The van der Waals surface area contributed by atoms with Crippen molar-refractivity contribution >= 4 is 0 Å². The average Bonchev–Trinajstić information content (AvgIpc) is 2.03.